The van der Waals surface area contributed by atoms with Crippen LogP contribution in [0.4, 0.5) is 5.69 Å². The number of pyridine rings is 1. The molecule has 0 saturated heterocycles. The number of rotatable bonds is 5. The number of carboxylic acids is 1. The van der Waals surface area contributed by atoms with Gasteiger partial charge in [-0.2, -0.15) is 0 Å². The van der Waals surface area contributed by atoms with E-state index in [-0.39, 0.29) is 24.7 Å². The van der Waals surface area contributed by atoms with E-state index in [1.54, 1.807) is 25.3 Å². The zero-order chi connectivity index (χ0) is 12.0. The fourth-order valence-electron chi connectivity index (χ4n) is 1.32. The van der Waals surface area contributed by atoms with Crippen molar-refractivity contribution in [2.75, 3.05) is 5.32 Å². The van der Waals surface area contributed by atoms with Gasteiger partial charge in [0.15, 0.2) is 0 Å². The van der Waals surface area contributed by atoms with Crippen molar-refractivity contribution in [2.24, 2.45) is 5.92 Å². The number of hydrogen-bond acceptors (Lipinski definition) is 4. The molecule has 5 heteroatoms. The molecule has 0 bridgehead atoms. The number of anilines is 1. The number of nitrogens with zero attached hydrogens (tertiary/aromatic N) is 1. The summed E-state index contributed by atoms with van der Waals surface area (Å²) in [6.45, 7) is 1.69. The van der Waals surface area contributed by atoms with Gasteiger partial charge in [-0.3, -0.25) is 9.78 Å². The zero-order valence-corrected chi connectivity index (χ0v) is 8.97. The van der Waals surface area contributed by atoms with Crippen LogP contribution in [0.3, 0.4) is 0 Å². The maximum Gasteiger partial charge on any atom is 0.224 e. The Bertz CT molecular complexity index is 365. The van der Waals surface area contributed by atoms with Gasteiger partial charge in [0, 0.05) is 18.6 Å². The van der Waals surface area contributed by atoms with Crippen LogP contribution in [0, 0.1) is 5.92 Å². The van der Waals surface area contributed by atoms with E-state index < -0.39 is 5.97 Å². The van der Waals surface area contributed by atoms with Gasteiger partial charge in [0.25, 0.3) is 0 Å². The lowest BCUT2D eigenvalue weighted by atomic mass is 10.0. The number of nitrogens with one attached hydrogen (secondary N) is 1. The first-order valence-corrected chi connectivity index (χ1v) is 4.97. The topological polar surface area (TPSA) is 82.1 Å². The van der Waals surface area contributed by atoms with Crippen LogP contribution in [0.1, 0.15) is 19.8 Å². The molecule has 0 aliphatic rings. The fourth-order valence-corrected chi connectivity index (χ4v) is 1.32. The van der Waals surface area contributed by atoms with Crippen molar-refractivity contribution >= 4 is 17.6 Å². The summed E-state index contributed by atoms with van der Waals surface area (Å²) in [5.41, 5.74) is 0.605. The van der Waals surface area contributed by atoms with E-state index in [1.165, 1.54) is 6.20 Å². The monoisotopic (exact) mass is 221 g/mol. The molecule has 1 atom stereocenters. The summed E-state index contributed by atoms with van der Waals surface area (Å²) in [6, 6.07) is 3.43. The molecule has 0 fully saturated rings. The molecule has 0 spiro atoms. The van der Waals surface area contributed by atoms with Gasteiger partial charge in [0.05, 0.1) is 11.9 Å². The second-order valence-electron chi connectivity index (χ2n) is 3.68. The zero-order valence-electron chi connectivity index (χ0n) is 8.97. The molecule has 1 amide bonds. The summed E-state index contributed by atoms with van der Waals surface area (Å²) in [4.78, 5) is 25.6. The molecule has 5 nitrogen and oxygen atoms in total. The number of hydrogen-bond donors (Lipinski definition) is 1. The first-order chi connectivity index (χ1) is 7.58. The summed E-state index contributed by atoms with van der Waals surface area (Å²) < 4.78 is 0. The molecule has 0 unspecified atom stereocenters. The van der Waals surface area contributed by atoms with Crippen molar-refractivity contribution in [3.05, 3.63) is 24.5 Å². The normalized spacial score (nSPS) is 11.8. The number of aromatic nitrogens is 1. The maximum atomic E-state index is 11.5. The third kappa shape index (κ3) is 4.54. The number of carboxylic acid groups (broad SMARTS) is 1. The number of aliphatic carboxylic acids is 1. The van der Waals surface area contributed by atoms with Gasteiger partial charge in [-0.15, -0.1) is 0 Å². The van der Waals surface area contributed by atoms with Crippen LogP contribution in [0.5, 0.6) is 0 Å². The standard InChI is InChI=1S/C11H14N2O3/c1-8(6-11(15)16)5-10(14)13-9-3-2-4-12-7-9/h2-4,7-8H,5-6H2,1H3,(H,13,14)(H,15,16)/p-1/t8-/m0/s1. The van der Waals surface area contributed by atoms with Gasteiger partial charge >= 0.3 is 0 Å². The van der Waals surface area contributed by atoms with Gasteiger partial charge in [-0.1, -0.05) is 6.92 Å². The van der Waals surface area contributed by atoms with Crippen LogP contribution in [0.25, 0.3) is 0 Å². The van der Waals surface area contributed by atoms with Crippen LogP contribution >= 0.6 is 0 Å². The molecular formula is C11H13N2O3-. The lowest BCUT2D eigenvalue weighted by Gasteiger charge is -2.11. The third-order valence-electron chi connectivity index (χ3n) is 1.99. The van der Waals surface area contributed by atoms with Crippen LogP contribution in [0.15, 0.2) is 24.5 Å². The van der Waals surface area contributed by atoms with Crippen molar-refractivity contribution in [3.8, 4) is 0 Å². The molecule has 0 aromatic carbocycles. The molecule has 1 heterocycles. The Kier molecular flexibility index (Phi) is 4.44. The van der Waals surface area contributed by atoms with Gasteiger partial charge < -0.3 is 15.2 Å². The van der Waals surface area contributed by atoms with E-state index in [1.807, 2.05) is 0 Å². The molecule has 0 radical (unpaired) electrons. The van der Waals surface area contributed by atoms with Crippen LogP contribution in [-0.4, -0.2) is 16.9 Å². The minimum Gasteiger partial charge on any atom is -0.550 e. The smallest absolute Gasteiger partial charge is 0.224 e. The Labute approximate surface area is 93.5 Å². The van der Waals surface area contributed by atoms with Gasteiger partial charge in [0.2, 0.25) is 5.91 Å². The average Bonchev–Trinajstić information content (AvgIpc) is 2.17. The summed E-state index contributed by atoms with van der Waals surface area (Å²) in [5, 5.41) is 12.9. The molecule has 16 heavy (non-hydrogen) atoms. The van der Waals surface area contributed by atoms with Gasteiger partial charge in [0.1, 0.15) is 0 Å². The Morgan fingerprint density at radius 2 is 2.25 bits per heavy atom. The molecular weight excluding hydrogens is 208 g/mol. The van der Waals surface area contributed by atoms with E-state index in [9.17, 15) is 14.7 Å². The van der Waals surface area contributed by atoms with Crippen molar-refractivity contribution < 1.29 is 14.7 Å². The van der Waals surface area contributed by atoms with Gasteiger partial charge in [-0.25, -0.2) is 0 Å². The first kappa shape index (κ1) is 12.2. The maximum absolute atomic E-state index is 11.5. The van der Waals surface area contributed by atoms with Gasteiger partial charge in [-0.05, 0) is 24.5 Å². The minimum atomic E-state index is -1.14. The lowest BCUT2D eigenvalue weighted by molar-refractivity contribution is -0.306. The third-order valence-corrected chi connectivity index (χ3v) is 1.99. The highest BCUT2D eigenvalue weighted by Crippen LogP contribution is 2.09. The predicted octanol–water partition coefficient (Wildman–Crippen LogP) is 0.186. The second-order valence-corrected chi connectivity index (χ2v) is 3.68. The molecule has 0 saturated carbocycles. The minimum absolute atomic E-state index is 0.111. The van der Waals surface area contributed by atoms with E-state index in [2.05, 4.69) is 10.3 Å². The summed E-state index contributed by atoms with van der Waals surface area (Å²) in [6.07, 6.45) is 3.18. The summed E-state index contributed by atoms with van der Waals surface area (Å²) in [5.74, 6) is -1.59. The largest absolute Gasteiger partial charge is 0.550 e. The number of amides is 1. The molecule has 0 aliphatic carbocycles. The molecule has 1 N–H and O–H groups in total. The Morgan fingerprint density at radius 3 is 2.81 bits per heavy atom. The molecule has 1 aromatic rings. The van der Waals surface area contributed by atoms with E-state index in [0.717, 1.165) is 0 Å². The lowest BCUT2D eigenvalue weighted by Crippen LogP contribution is -2.26. The van der Waals surface area contributed by atoms with Crippen LogP contribution < -0.4 is 10.4 Å². The van der Waals surface area contributed by atoms with Crippen LogP contribution in [0.2, 0.25) is 0 Å². The predicted molar refractivity (Wildman–Crippen MR) is 56.3 cm³/mol. The Morgan fingerprint density at radius 1 is 1.50 bits per heavy atom. The van der Waals surface area contributed by atoms with Crippen LogP contribution in [-0.2, 0) is 9.59 Å². The van der Waals surface area contributed by atoms with Crippen molar-refractivity contribution in [3.63, 3.8) is 0 Å². The highest BCUT2D eigenvalue weighted by molar-refractivity contribution is 5.90. The average molecular weight is 221 g/mol. The molecule has 0 aliphatic heterocycles. The Hall–Kier alpha value is -1.91. The Balaban J connectivity index is 2.39. The number of carbonyl (C=O) groups excluding carboxylic acids is 2. The SMILES string of the molecule is C[C@H](CC(=O)[O-])CC(=O)Nc1cccnc1. The molecule has 1 aromatic heterocycles. The first-order valence-electron chi connectivity index (χ1n) is 4.97. The summed E-state index contributed by atoms with van der Waals surface area (Å²) in [7, 11) is 0. The molecule has 1 rings (SSSR count). The fraction of sp³-hybridized carbons (Fsp3) is 0.364. The van der Waals surface area contributed by atoms with E-state index in [0.29, 0.717) is 5.69 Å². The van der Waals surface area contributed by atoms with Crippen molar-refractivity contribution in [1.82, 2.24) is 4.98 Å². The second kappa shape index (κ2) is 5.85. The van der Waals surface area contributed by atoms with E-state index >= 15 is 0 Å². The quantitative estimate of drug-likeness (QED) is 0.769. The van der Waals surface area contributed by atoms with E-state index in [4.69, 9.17) is 0 Å². The van der Waals surface area contributed by atoms with Crippen molar-refractivity contribution in [2.45, 2.75) is 19.8 Å². The highest BCUT2D eigenvalue weighted by atomic mass is 16.4. The number of carbonyl (C=O) groups is 2. The molecule has 86 valence electrons. The van der Waals surface area contributed by atoms with Crippen molar-refractivity contribution in [1.29, 1.82) is 0 Å². The highest BCUT2D eigenvalue weighted by Gasteiger charge is 2.09. The summed E-state index contributed by atoms with van der Waals surface area (Å²) >= 11 is 0.